The Kier molecular flexibility index (Phi) is 12.5. The zero-order valence-electron chi connectivity index (χ0n) is 28.1. The minimum Gasteiger partial charge on any atom is -0.494 e. The topological polar surface area (TPSA) is 35.5 Å². The first-order valence-electron chi connectivity index (χ1n) is 15.1. The quantitative estimate of drug-likeness (QED) is 0.134. The molecule has 3 rings (SSSR count). The summed E-state index contributed by atoms with van der Waals surface area (Å²) in [5, 5.41) is 0. The van der Waals surface area contributed by atoms with Gasteiger partial charge in [-0.15, -0.1) is 0 Å². The van der Waals surface area contributed by atoms with Crippen molar-refractivity contribution in [2.24, 2.45) is 0 Å². The van der Waals surface area contributed by atoms with Gasteiger partial charge in [0.05, 0.1) is 6.61 Å². The largest absolute Gasteiger partial charge is 0.494 e. The molecule has 0 amide bonds. The molecular formula is C32H19F23O3S. The molecule has 0 radical (unpaired) electrons. The number of hydrogen-bond donors (Lipinski definition) is 0. The lowest BCUT2D eigenvalue weighted by molar-refractivity contribution is -0.477. The van der Waals surface area contributed by atoms with Crippen LogP contribution in [0.5, 0.6) is 5.75 Å². The Hall–Kier alpha value is -4.33. The van der Waals surface area contributed by atoms with Crippen LogP contribution in [0.1, 0.15) is 6.92 Å². The first-order chi connectivity index (χ1) is 26.4. The predicted octanol–water partition coefficient (Wildman–Crippen LogP) is 12.7. The van der Waals surface area contributed by atoms with E-state index in [9.17, 15) is 88.2 Å². The van der Waals surface area contributed by atoms with Crippen LogP contribution in [0.2, 0.25) is 0 Å². The molecule has 0 spiro atoms. The van der Waals surface area contributed by atoms with Gasteiger partial charge in [-0.2, -0.15) is 101 Å². The van der Waals surface area contributed by atoms with E-state index in [1.165, 1.54) is 19.1 Å². The second-order valence-electron chi connectivity index (χ2n) is 11.7. The molecule has 59 heavy (non-hydrogen) atoms. The number of rotatable bonds is 16. The second kappa shape index (κ2) is 15.0. The van der Waals surface area contributed by atoms with Crippen LogP contribution in [0.4, 0.5) is 101 Å². The summed E-state index contributed by atoms with van der Waals surface area (Å²) in [7, 11) is -4.43. The Balaban J connectivity index is 2.24. The number of hydrogen-bond acceptors (Lipinski definition) is 3. The van der Waals surface area contributed by atoms with Gasteiger partial charge in [-0.1, -0.05) is 36.4 Å². The van der Waals surface area contributed by atoms with E-state index in [-0.39, 0.29) is 12.4 Å². The third-order valence-electron chi connectivity index (χ3n) is 7.98. The highest BCUT2D eigenvalue weighted by molar-refractivity contribution is 8.30. The van der Waals surface area contributed by atoms with Crippen LogP contribution in [-0.2, 0) is 8.98 Å². The lowest BCUT2D eigenvalue weighted by Crippen LogP contribution is -2.78. The third kappa shape index (κ3) is 6.94. The van der Waals surface area contributed by atoms with E-state index in [1.54, 1.807) is 0 Å². The van der Waals surface area contributed by atoms with E-state index >= 15 is 17.6 Å². The van der Waals surface area contributed by atoms with E-state index in [0.29, 0.717) is 0 Å². The molecule has 0 N–H and O–H groups in total. The summed E-state index contributed by atoms with van der Waals surface area (Å²) < 4.78 is 333. The van der Waals surface area contributed by atoms with Crippen molar-refractivity contribution in [1.29, 1.82) is 0 Å². The van der Waals surface area contributed by atoms with E-state index in [1.807, 2.05) is 0 Å². The van der Waals surface area contributed by atoms with Crippen LogP contribution in [0.3, 0.4) is 0 Å². The number of halogens is 23. The monoisotopic (exact) mass is 920 g/mol. The molecule has 0 saturated carbocycles. The van der Waals surface area contributed by atoms with Gasteiger partial charge in [-0.05, 0) is 65.8 Å². The maximum Gasteiger partial charge on any atom is 0.460 e. The van der Waals surface area contributed by atoms with E-state index < -0.39 is 96.4 Å². The lowest BCUT2D eigenvalue weighted by Gasteiger charge is -2.45. The molecular weight excluding hydrogens is 901 g/mol. The Bertz CT molecular complexity index is 1890. The van der Waals surface area contributed by atoms with Gasteiger partial charge in [-0.25, -0.2) is 4.79 Å². The normalized spacial score (nSPS) is 15.2. The Morgan fingerprint density at radius 1 is 0.424 bits per heavy atom. The molecule has 3 aromatic rings. The molecule has 0 aromatic heterocycles. The lowest BCUT2D eigenvalue weighted by atomic mass is 9.85. The summed E-state index contributed by atoms with van der Waals surface area (Å²) in [6.07, 6.45) is -8.17. The minimum atomic E-state index is -9.57. The molecule has 0 aliphatic carbocycles. The first kappa shape index (κ1) is 49.0. The van der Waals surface area contributed by atoms with Crippen LogP contribution in [0.25, 0.3) is 0 Å². The van der Waals surface area contributed by atoms with Crippen molar-refractivity contribution in [3.63, 3.8) is 0 Å². The zero-order valence-corrected chi connectivity index (χ0v) is 28.9. The maximum absolute atomic E-state index is 15.3. The Labute approximate surface area is 315 Å². The highest BCUT2D eigenvalue weighted by atomic mass is 32.3. The van der Waals surface area contributed by atoms with Gasteiger partial charge in [-0.3, -0.25) is 0 Å². The molecule has 3 aromatic carbocycles. The van der Waals surface area contributed by atoms with E-state index in [0.717, 1.165) is 72.8 Å². The van der Waals surface area contributed by atoms with Gasteiger partial charge in [0, 0.05) is 14.7 Å². The molecule has 0 fully saturated rings. The molecule has 0 bridgehead atoms. The number of benzene rings is 3. The zero-order chi connectivity index (χ0) is 45.9. The van der Waals surface area contributed by atoms with Gasteiger partial charge in [0.2, 0.25) is 0 Å². The summed E-state index contributed by atoms with van der Waals surface area (Å²) in [4.78, 5) is 11.5. The van der Waals surface area contributed by atoms with Crippen LogP contribution < -0.4 is 4.74 Å². The molecule has 0 heterocycles. The Morgan fingerprint density at radius 3 is 1.02 bits per heavy atom. The average molecular weight is 921 g/mol. The molecule has 0 atom stereocenters. The van der Waals surface area contributed by atoms with Crippen LogP contribution in [0, 0.1) is 0 Å². The van der Waals surface area contributed by atoms with Gasteiger partial charge < -0.3 is 8.92 Å². The fourth-order valence-corrected chi connectivity index (χ4v) is 7.76. The molecule has 0 aliphatic rings. The average Bonchev–Trinajstić information content (AvgIpc) is 3.13. The van der Waals surface area contributed by atoms with Crippen molar-refractivity contribution in [2.75, 3.05) is 6.61 Å². The molecule has 0 aliphatic heterocycles. The van der Waals surface area contributed by atoms with Crippen molar-refractivity contribution in [1.82, 2.24) is 0 Å². The smallest absolute Gasteiger partial charge is 0.460 e. The van der Waals surface area contributed by atoms with Crippen molar-refractivity contribution >= 4 is 16.3 Å². The fraction of sp³-hybridized carbons (Fsp3) is 0.406. The highest BCUT2D eigenvalue weighted by Crippen LogP contribution is 2.71. The first-order valence-corrected chi connectivity index (χ1v) is 16.7. The van der Waals surface area contributed by atoms with Crippen molar-refractivity contribution in [3.8, 4) is 5.75 Å². The number of ether oxygens (including phenoxy) is 1. The fourth-order valence-electron chi connectivity index (χ4n) is 4.72. The number of carbonyl (C=O) groups is 1. The van der Waals surface area contributed by atoms with Crippen LogP contribution in [0.15, 0.2) is 99.6 Å². The van der Waals surface area contributed by atoms with E-state index in [2.05, 4.69) is 0 Å². The summed E-state index contributed by atoms with van der Waals surface area (Å²) >= 11 is 0. The molecule has 0 saturated heterocycles. The standard InChI is InChI=1S/C32H19F23O3S/c1-2-57-17-13-15-20(16-14-17)59(18-9-5-3-6-10-18,19-11-7-4-8-12-19)58-21(56)22(33,34)23(35,36)24(37,38)25(39,40)26(41,42)27(43,44)28(45,46)29(47,48)30(49,50)31(51,52)32(53,54)55/h3-16H,2H2,1H3. The van der Waals surface area contributed by atoms with Crippen LogP contribution in [-0.4, -0.2) is 78.0 Å². The molecule has 3 nitrogen and oxygen atoms in total. The molecule has 0 unspecified atom stereocenters. The molecule has 27 heteroatoms. The summed E-state index contributed by atoms with van der Waals surface area (Å²) in [6.45, 7) is 1.45. The molecule has 332 valence electrons. The van der Waals surface area contributed by atoms with Crippen molar-refractivity contribution < 1.29 is 115 Å². The SMILES string of the molecule is CCOc1ccc(S(OC(=O)C(F)(F)C(F)(F)C(F)(F)C(F)(F)C(F)(F)C(F)(F)C(F)(F)C(F)(F)C(F)(F)C(F)(F)C(F)(F)F)(c2ccccc2)c2ccccc2)cc1. The predicted molar refractivity (Wildman–Crippen MR) is 155 cm³/mol. The van der Waals surface area contributed by atoms with Crippen LogP contribution >= 0.6 is 10.3 Å². The summed E-state index contributed by atoms with van der Waals surface area (Å²) in [6, 6.07) is 14.3. The van der Waals surface area contributed by atoms with Gasteiger partial charge >= 0.3 is 71.4 Å². The summed E-state index contributed by atoms with van der Waals surface area (Å²) in [5.41, 5.74) is 0. The van der Waals surface area contributed by atoms with Crippen molar-refractivity contribution in [2.45, 2.75) is 87.0 Å². The summed E-state index contributed by atoms with van der Waals surface area (Å²) in [5.74, 6) is -94.7. The van der Waals surface area contributed by atoms with Crippen molar-refractivity contribution in [3.05, 3.63) is 84.9 Å². The number of alkyl halides is 23. The second-order valence-corrected chi connectivity index (χ2v) is 14.4. The van der Waals surface area contributed by atoms with Gasteiger partial charge in [0.1, 0.15) is 5.75 Å². The highest BCUT2D eigenvalue weighted by Gasteiger charge is 2.99. The van der Waals surface area contributed by atoms with Gasteiger partial charge in [0.25, 0.3) is 0 Å². The maximum atomic E-state index is 15.3. The Morgan fingerprint density at radius 2 is 0.712 bits per heavy atom. The number of carbonyl (C=O) groups excluding carboxylic acids is 1. The van der Waals surface area contributed by atoms with E-state index in [4.69, 9.17) is 8.92 Å². The minimum absolute atomic E-state index is 0.0185. The van der Waals surface area contributed by atoms with Gasteiger partial charge in [0.15, 0.2) is 0 Å². The third-order valence-corrected chi connectivity index (χ3v) is 11.2.